The number of aryl methyl sites for hydroxylation is 1. The van der Waals surface area contributed by atoms with Gasteiger partial charge in [0.05, 0.1) is 12.2 Å². The van der Waals surface area contributed by atoms with Gasteiger partial charge in [0, 0.05) is 27.3 Å². The van der Waals surface area contributed by atoms with E-state index < -0.39 is 76.8 Å². The molecule has 45 heavy (non-hydrogen) atoms. The van der Waals surface area contributed by atoms with Gasteiger partial charge in [0.2, 0.25) is 0 Å². The molecular weight excluding hydrogens is 602 g/mol. The van der Waals surface area contributed by atoms with E-state index in [1.54, 1.807) is 6.92 Å². The number of carbonyl (C=O) groups excluding carboxylic acids is 2. The van der Waals surface area contributed by atoms with Crippen LogP contribution in [0.4, 0.5) is 8.78 Å². The van der Waals surface area contributed by atoms with Gasteiger partial charge in [-0.3, -0.25) is 9.59 Å². The Balaban J connectivity index is 1.20. The Morgan fingerprint density at radius 1 is 1.09 bits per heavy atom. The van der Waals surface area contributed by atoms with Crippen molar-refractivity contribution in [2.75, 3.05) is 6.61 Å². The maximum atomic E-state index is 17.6. The van der Waals surface area contributed by atoms with Crippen LogP contribution in [-0.2, 0) is 25.5 Å². The van der Waals surface area contributed by atoms with Crippen LogP contribution in [0.15, 0.2) is 66.3 Å². The number of ketones is 2. The molecule has 0 aromatic heterocycles. The van der Waals surface area contributed by atoms with Crippen molar-refractivity contribution in [2.45, 2.75) is 82.4 Å². The van der Waals surface area contributed by atoms with E-state index in [0.717, 1.165) is 22.8 Å². The van der Waals surface area contributed by atoms with Crippen molar-refractivity contribution in [3.05, 3.63) is 93.5 Å². The van der Waals surface area contributed by atoms with Crippen molar-refractivity contribution < 1.29 is 38.1 Å². The van der Waals surface area contributed by atoms with Gasteiger partial charge in [-0.15, -0.1) is 0 Å². The molecule has 238 valence electrons. The Morgan fingerprint density at radius 3 is 2.49 bits per heavy atom. The molecule has 4 fully saturated rings. The summed E-state index contributed by atoms with van der Waals surface area (Å²) in [4.78, 5) is 25.9. The van der Waals surface area contributed by atoms with Crippen LogP contribution in [0.2, 0.25) is 5.02 Å². The van der Waals surface area contributed by atoms with Crippen LogP contribution in [0.3, 0.4) is 0 Å². The number of benzene rings is 2. The summed E-state index contributed by atoms with van der Waals surface area (Å²) in [6, 6.07) is 13.6. The number of hydrogen-bond donors (Lipinski definition) is 2. The van der Waals surface area contributed by atoms with Crippen LogP contribution in [0.1, 0.15) is 61.7 Å². The molecule has 2 N–H and O–H groups in total. The number of carbonyl (C=O) groups is 2. The Morgan fingerprint density at radius 2 is 1.80 bits per heavy atom. The van der Waals surface area contributed by atoms with Crippen LogP contribution in [0, 0.1) is 29.6 Å². The first-order chi connectivity index (χ1) is 21.3. The lowest BCUT2D eigenvalue weighted by Gasteiger charge is -2.63. The van der Waals surface area contributed by atoms with E-state index in [2.05, 4.69) is 0 Å². The van der Waals surface area contributed by atoms with Gasteiger partial charge in [0.25, 0.3) is 0 Å². The average molecular weight is 639 g/mol. The van der Waals surface area contributed by atoms with Crippen LogP contribution < -0.4 is 0 Å². The van der Waals surface area contributed by atoms with Crippen molar-refractivity contribution in [2.24, 2.45) is 22.7 Å². The number of Topliss-reactive ketones (excluding diaryl/α,β-unsaturated/α-hetero) is 1. The van der Waals surface area contributed by atoms with Gasteiger partial charge in [-0.2, -0.15) is 0 Å². The molecule has 3 saturated carbocycles. The summed E-state index contributed by atoms with van der Waals surface area (Å²) < 4.78 is 46.4. The summed E-state index contributed by atoms with van der Waals surface area (Å²) in [6.45, 7) is 4.45. The van der Waals surface area contributed by atoms with Crippen molar-refractivity contribution in [1.82, 2.24) is 0 Å². The van der Waals surface area contributed by atoms with E-state index in [9.17, 15) is 19.8 Å². The molecular formula is C36H37ClF2O6. The van der Waals surface area contributed by atoms with Gasteiger partial charge in [0.1, 0.15) is 12.8 Å². The van der Waals surface area contributed by atoms with Crippen molar-refractivity contribution >= 4 is 23.2 Å². The van der Waals surface area contributed by atoms with Gasteiger partial charge >= 0.3 is 0 Å². The molecule has 0 unspecified atom stereocenters. The number of aliphatic hydroxyl groups is 2. The molecule has 0 amide bonds. The minimum Gasteiger partial charge on any atom is -0.390 e. The molecule has 1 heterocycles. The summed E-state index contributed by atoms with van der Waals surface area (Å²) in [7, 11) is 0. The number of rotatable bonds is 5. The number of ether oxygens (including phenoxy) is 2. The third-order valence-corrected chi connectivity index (χ3v) is 12.2. The molecule has 1 saturated heterocycles. The molecule has 2 aromatic carbocycles. The zero-order valence-electron chi connectivity index (χ0n) is 25.4. The van der Waals surface area contributed by atoms with Crippen molar-refractivity contribution in [1.29, 1.82) is 0 Å². The van der Waals surface area contributed by atoms with Gasteiger partial charge in [-0.05, 0) is 85.9 Å². The second-order valence-corrected chi connectivity index (χ2v) is 14.4. The van der Waals surface area contributed by atoms with Crippen LogP contribution >= 0.6 is 11.6 Å². The Hall–Kier alpha value is -2.75. The third-order valence-electron chi connectivity index (χ3n) is 11.8. The van der Waals surface area contributed by atoms with Gasteiger partial charge < -0.3 is 19.7 Å². The fourth-order valence-electron chi connectivity index (χ4n) is 9.56. The molecule has 5 aliphatic rings. The summed E-state index contributed by atoms with van der Waals surface area (Å²) >= 11 is 6.17. The molecule has 0 radical (unpaired) electrons. The number of halogens is 3. The lowest BCUT2D eigenvalue weighted by Crippen LogP contribution is -2.70. The van der Waals surface area contributed by atoms with Crippen molar-refractivity contribution in [3.63, 3.8) is 0 Å². The molecule has 9 heteroatoms. The summed E-state index contributed by atoms with van der Waals surface area (Å²) in [5, 5.41) is 22.6. The first-order valence-corrected chi connectivity index (χ1v) is 15.9. The van der Waals surface area contributed by atoms with Gasteiger partial charge in [0.15, 0.2) is 29.1 Å². The molecule has 4 aliphatic carbocycles. The van der Waals surface area contributed by atoms with Crippen LogP contribution in [-0.4, -0.2) is 58.0 Å². The standard InChI is InChI=1S/C36H37ClF2O6/c1-19-12-21(6-9-27(19)37)13-20-4-7-22(8-5-20)32-44-31-16-24-25-15-28(38)26-14-23(41)10-11-33(26,2)35(25,39)29(42)17-34(24,3)36(31,45-32)30(43)18-40/h4-12,14,24-25,28-29,31-32,40,42H,13,15-18H2,1-3H3/t24-,25-,28-,29-,31+,32+,33-,34-,35-,36+/m0/s1. The lowest BCUT2D eigenvalue weighted by atomic mass is 9.44. The fourth-order valence-corrected chi connectivity index (χ4v) is 9.68. The van der Waals surface area contributed by atoms with Gasteiger partial charge in [-0.25, -0.2) is 8.78 Å². The van der Waals surface area contributed by atoms with E-state index in [1.807, 2.05) is 49.4 Å². The Bertz CT molecular complexity index is 1640. The fraction of sp³-hybridized carbons (Fsp3) is 0.500. The average Bonchev–Trinajstić information content (AvgIpc) is 3.51. The maximum absolute atomic E-state index is 17.6. The normalized spacial score (nSPS) is 41.6. The summed E-state index contributed by atoms with van der Waals surface area (Å²) in [5.41, 5.74) is -2.76. The van der Waals surface area contributed by atoms with Gasteiger partial charge in [-0.1, -0.05) is 61.0 Å². The predicted octanol–water partition coefficient (Wildman–Crippen LogP) is 5.88. The second-order valence-electron chi connectivity index (χ2n) is 14.0. The monoisotopic (exact) mass is 638 g/mol. The van der Waals surface area contributed by atoms with E-state index in [1.165, 1.54) is 19.1 Å². The predicted molar refractivity (Wildman–Crippen MR) is 163 cm³/mol. The minimum absolute atomic E-state index is 0.0398. The summed E-state index contributed by atoms with van der Waals surface area (Å²) in [5.74, 6) is -2.60. The SMILES string of the molecule is Cc1cc(Cc2ccc([C@@H]3O[C@@H]4C[C@H]5[C@@H]6C[C@H](F)C7=CC(=O)C=C[C@]7(C)[C@@]6(F)[C@@H](O)C[C@]5(C)[C@]4(C(=O)CO)O3)cc2)ccc1Cl. The summed E-state index contributed by atoms with van der Waals surface area (Å²) in [6.07, 6.45) is -0.696. The highest BCUT2D eigenvalue weighted by Gasteiger charge is 2.80. The topological polar surface area (TPSA) is 93.1 Å². The number of fused-ring (bicyclic) bond motifs is 7. The molecule has 1 aliphatic heterocycles. The number of allylic oxidation sites excluding steroid dienone is 4. The van der Waals surface area contributed by atoms with E-state index in [-0.39, 0.29) is 24.8 Å². The van der Waals surface area contributed by atoms with Crippen LogP contribution in [0.25, 0.3) is 0 Å². The van der Waals surface area contributed by atoms with Crippen LogP contribution in [0.5, 0.6) is 0 Å². The van der Waals surface area contributed by atoms with E-state index in [4.69, 9.17) is 21.1 Å². The minimum atomic E-state index is -2.29. The number of hydrogen-bond acceptors (Lipinski definition) is 6. The van der Waals surface area contributed by atoms with Crippen molar-refractivity contribution in [3.8, 4) is 0 Å². The first kappa shape index (κ1) is 30.9. The number of alkyl halides is 2. The second kappa shape index (κ2) is 10.4. The molecule has 7 rings (SSSR count). The Kier molecular flexibility index (Phi) is 7.12. The molecule has 0 bridgehead atoms. The van der Waals surface area contributed by atoms with E-state index >= 15 is 8.78 Å². The smallest absolute Gasteiger partial charge is 0.193 e. The Labute approximate surface area is 266 Å². The zero-order chi connectivity index (χ0) is 32.1. The highest BCUT2D eigenvalue weighted by atomic mass is 35.5. The quantitative estimate of drug-likeness (QED) is 0.425. The molecule has 0 spiro atoms. The first-order valence-electron chi connectivity index (χ1n) is 15.6. The lowest BCUT2D eigenvalue weighted by molar-refractivity contribution is -0.235. The molecule has 10 atom stereocenters. The maximum Gasteiger partial charge on any atom is 0.193 e. The third kappa shape index (κ3) is 4.12. The zero-order valence-corrected chi connectivity index (χ0v) is 26.2. The highest BCUT2D eigenvalue weighted by molar-refractivity contribution is 6.31. The largest absolute Gasteiger partial charge is 0.390 e. The van der Waals surface area contributed by atoms with E-state index in [0.29, 0.717) is 17.0 Å². The highest BCUT2D eigenvalue weighted by Crippen LogP contribution is 2.72. The number of aliphatic hydroxyl groups excluding tert-OH is 2. The molecule has 6 nitrogen and oxygen atoms in total. The molecule has 2 aromatic rings.